The van der Waals surface area contributed by atoms with Gasteiger partial charge in [-0.25, -0.2) is 23.1 Å². The zero-order valence-electron chi connectivity index (χ0n) is 17.1. The van der Waals surface area contributed by atoms with Gasteiger partial charge in [-0.3, -0.25) is 4.79 Å². The van der Waals surface area contributed by atoms with Crippen molar-refractivity contribution in [2.75, 3.05) is 10.0 Å². The van der Waals surface area contributed by atoms with E-state index in [0.717, 1.165) is 10.8 Å². The molecule has 1 amide bonds. The molecule has 0 bridgehead atoms. The molecule has 0 radical (unpaired) electrons. The van der Waals surface area contributed by atoms with E-state index in [1.54, 1.807) is 13.0 Å². The first kappa shape index (κ1) is 21.3. The summed E-state index contributed by atoms with van der Waals surface area (Å²) in [5, 5.41) is 4.82. The first-order valence-electron chi connectivity index (χ1n) is 9.77. The van der Waals surface area contributed by atoms with E-state index in [2.05, 4.69) is 20.0 Å². The highest BCUT2D eigenvalue weighted by Crippen LogP contribution is 2.22. The van der Waals surface area contributed by atoms with Crippen LogP contribution in [0.3, 0.4) is 0 Å². The molecule has 8 nitrogen and oxygen atoms in total. The smallest absolute Gasteiger partial charge is 0.265 e. The third-order valence-electron chi connectivity index (χ3n) is 4.63. The largest absolute Gasteiger partial charge is 0.481 e. The summed E-state index contributed by atoms with van der Waals surface area (Å²) in [6.07, 6.45) is 2.12. The van der Waals surface area contributed by atoms with Crippen LogP contribution < -0.4 is 14.8 Å². The van der Waals surface area contributed by atoms with Gasteiger partial charge in [0.25, 0.3) is 15.9 Å². The van der Waals surface area contributed by atoms with Gasteiger partial charge >= 0.3 is 0 Å². The second-order valence-electron chi connectivity index (χ2n) is 6.96. The Hall–Kier alpha value is -3.98. The van der Waals surface area contributed by atoms with E-state index in [4.69, 9.17) is 4.74 Å². The molecule has 0 saturated heterocycles. The van der Waals surface area contributed by atoms with Gasteiger partial charge in [0.1, 0.15) is 5.75 Å². The molecule has 162 valence electrons. The number of hydrogen-bond donors (Lipinski definition) is 2. The van der Waals surface area contributed by atoms with Crippen LogP contribution in [0.4, 0.5) is 11.6 Å². The van der Waals surface area contributed by atoms with Crippen LogP contribution in [-0.4, -0.2) is 30.4 Å². The molecule has 0 saturated carbocycles. The van der Waals surface area contributed by atoms with Crippen molar-refractivity contribution in [3.05, 3.63) is 85.2 Å². The fourth-order valence-corrected chi connectivity index (χ4v) is 3.95. The molecular weight excluding hydrogens is 428 g/mol. The monoisotopic (exact) mass is 448 g/mol. The highest BCUT2D eigenvalue weighted by atomic mass is 32.2. The first-order valence-corrected chi connectivity index (χ1v) is 11.3. The fourth-order valence-electron chi connectivity index (χ4n) is 2.99. The SMILES string of the molecule is CC(Oc1ccc2ccccc2c1)C(=O)Nc1ccc(S(=O)(=O)Nc2ncccn2)cc1. The number of hydrogen-bond acceptors (Lipinski definition) is 6. The number of rotatable bonds is 7. The molecule has 32 heavy (non-hydrogen) atoms. The Morgan fingerprint density at radius 3 is 2.31 bits per heavy atom. The zero-order chi connectivity index (χ0) is 22.6. The Labute approximate surface area is 185 Å². The Bertz CT molecular complexity index is 1340. The van der Waals surface area contributed by atoms with Crippen molar-refractivity contribution in [3.63, 3.8) is 0 Å². The summed E-state index contributed by atoms with van der Waals surface area (Å²) in [5.41, 5.74) is 0.443. The van der Waals surface area contributed by atoms with Crippen LogP contribution in [0.25, 0.3) is 10.8 Å². The second-order valence-corrected chi connectivity index (χ2v) is 8.64. The second kappa shape index (κ2) is 9.03. The normalized spacial score (nSPS) is 12.2. The van der Waals surface area contributed by atoms with Crippen LogP contribution in [0.5, 0.6) is 5.75 Å². The molecule has 1 heterocycles. The van der Waals surface area contributed by atoms with Gasteiger partial charge in [-0.2, -0.15) is 0 Å². The minimum Gasteiger partial charge on any atom is -0.481 e. The Morgan fingerprint density at radius 2 is 1.59 bits per heavy atom. The third kappa shape index (κ3) is 5.01. The summed E-state index contributed by atoms with van der Waals surface area (Å²) >= 11 is 0. The molecular formula is C23H20N4O4S. The molecule has 4 aromatic rings. The van der Waals surface area contributed by atoms with Crippen molar-refractivity contribution in [2.24, 2.45) is 0 Å². The Balaban J connectivity index is 1.39. The number of carbonyl (C=O) groups is 1. The lowest BCUT2D eigenvalue weighted by Crippen LogP contribution is -2.30. The van der Waals surface area contributed by atoms with E-state index >= 15 is 0 Å². The average Bonchev–Trinajstić information content (AvgIpc) is 2.79. The number of aromatic nitrogens is 2. The van der Waals surface area contributed by atoms with Crippen LogP contribution in [0, 0.1) is 0 Å². The lowest BCUT2D eigenvalue weighted by Gasteiger charge is -2.15. The van der Waals surface area contributed by atoms with Crippen molar-refractivity contribution in [1.29, 1.82) is 0 Å². The summed E-state index contributed by atoms with van der Waals surface area (Å²) in [4.78, 5) is 20.2. The molecule has 3 aromatic carbocycles. The Morgan fingerprint density at radius 1 is 0.906 bits per heavy atom. The summed E-state index contributed by atoms with van der Waals surface area (Å²) in [5.74, 6) is 0.205. The highest BCUT2D eigenvalue weighted by Gasteiger charge is 2.18. The highest BCUT2D eigenvalue weighted by molar-refractivity contribution is 7.92. The number of benzene rings is 3. The maximum atomic E-state index is 12.5. The topological polar surface area (TPSA) is 110 Å². The summed E-state index contributed by atoms with van der Waals surface area (Å²) in [6, 6.07) is 20.9. The fraction of sp³-hybridized carbons (Fsp3) is 0.0870. The van der Waals surface area contributed by atoms with Gasteiger partial charge < -0.3 is 10.1 Å². The predicted molar refractivity (Wildman–Crippen MR) is 122 cm³/mol. The standard InChI is InChI=1S/C23H20N4O4S/c1-16(31-20-10-7-17-5-2-3-6-18(17)15-20)22(28)26-19-8-11-21(12-9-19)32(29,30)27-23-24-13-4-14-25-23/h2-16H,1H3,(H,26,28)(H,24,25,27). The predicted octanol–water partition coefficient (Wildman–Crippen LogP) is 3.84. The number of ether oxygens (including phenoxy) is 1. The maximum Gasteiger partial charge on any atom is 0.265 e. The molecule has 0 aliphatic heterocycles. The summed E-state index contributed by atoms with van der Waals surface area (Å²) in [6.45, 7) is 1.65. The van der Waals surface area contributed by atoms with E-state index in [0.29, 0.717) is 11.4 Å². The molecule has 1 unspecified atom stereocenters. The molecule has 2 N–H and O–H groups in total. The minimum atomic E-state index is -3.85. The maximum absolute atomic E-state index is 12.5. The lowest BCUT2D eigenvalue weighted by atomic mass is 10.1. The van der Waals surface area contributed by atoms with E-state index in [-0.39, 0.29) is 16.8 Å². The van der Waals surface area contributed by atoms with Crippen molar-refractivity contribution >= 4 is 38.3 Å². The van der Waals surface area contributed by atoms with Gasteiger partial charge in [0, 0.05) is 18.1 Å². The van der Waals surface area contributed by atoms with Gasteiger partial charge in [-0.1, -0.05) is 30.3 Å². The van der Waals surface area contributed by atoms with E-state index in [1.165, 1.54) is 36.7 Å². The van der Waals surface area contributed by atoms with Crippen LogP contribution in [0.2, 0.25) is 0 Å². The molecule has 9 heteroatoms. The number of nitrogens with one attached hydrogen (secondary N) is 2. The molecule has 4 rings (SSSR count). The number of amides is 1. The number of fused-ring (bicyclic) bond motifs is 1. The van der Waals surface area contributed by atoms with Gasteiger partial charge in [0.15, 0.2) is 6.10 Å². The molecule has 0 aliphatic carbocycles. The van der Waals surface area contributed by atoms with E-state index < -0.39 is 16.1 Å². The van der Waals surface area contributed by atoms with Gasteiger partial charge in [-0.15, -0.1) is 0 Å². The van der Waals surface area contributed by atoms with E-state index in [9.17, 15) is 13.2 Å². The molecule has 0 aliphatic rings. The first-order chi connectivity index (χ1) is 15.4. The summed E-state index contributed by atoms with van der Waals surface area (Å²) in [7, 11) is -3.85. The average molecular weight is 449 g/mol. The van der Waals surface area contributed by atoms with Gasteiger partial charge in [-0.05, 0) is 60.2 Å². The quantitative estimate of drug-likeness (QED) is 0.445. The number of nitrogens with zero attached hydrogens (tertiary/aromatic N) is 2. The van der Waals surface area contributed by atoms with Crippen molar-refractivity contribution in [3.8, 4) is 5.75 Å². The third-order valence-corrected chi connectivity index (χ3v) is 5.97. The minimum absolute atomic E-state index is 0.0171. The Kier molecular flexibility index (Phi) is 6.00. The van der Waals surface area contributed by atoms with Crippen LogP contribution in [0.1, 0.15) is 6.92 Å². The van der Waals surface area contributed by atoms with Crippen molar-refractivity contribution in [1.82, 2.24) is 9.97 Å². The van der Waals surface area contributed by atoms with Gasteiger partial charge in [0.05, 0.1) is 4.90 Å². The molecule has 0 fully saturated rings. The molecule has 1 aromatic heterocycles. The van der Waals surface area contributed by atoms with Crippen LogP contribution in [-0.2, 0) is 14.8 Å². The number of sulfonamides is 1. The summed E-state index contributed by atoms with van der Waals surface area (Å²) < 4.78 is 32.9. The van der Waals surface area contributed by atoms with Crippen molar-refractivity contribution in [2.45, 2.75) is 17.9 Å². The zero-order valence-corrected chi connectivity index (χ0v) is 17.9. The number of carbonyl (C=O) groups excluding carboxylic acids is 1. The van der Waals surface area contributed by atoms with Crippen LogP contribution >= 0.6 is 0 Å². The lowest BCUT2D eigenvalue weighted by molar-refractivity contribution is -0.122. The van der Waals surface area contributed by atoms with Gasteiger partial charge in [0.2, 0.25) is 5.95 Å². The number of anilines is 2. The van der Waals surface area contributed by atoms with Crippen LogP contribution in [0.15, 0.2) is 90.1 Å². The van der Waals surface area contributed by atoms with Crippen molar-refractivity contribution < 1.29 is 17.9 Å². The molecule has 1 atom stereocenters. The molecule has 0 spiro atoms. The van der Waals surface area contributed by atoms with E-state index in [1.807, 2.05) is 42.5 Å².